The molecule has 3 nitrogen and oxygen atoms in total. The molecule has 1 rings (SSSR count). The van der Waals surface area contributed by atoms with E-state index in [1.807, 2.05) is 0 Å². The molecule has 0 amide bonds. The van der Waals surface area contributed by atoms with Crippen molar-refractivity contribution in [2.24, 2.45) is 5.92 Å². The number of likely N-dealkylation sites (N-methyl/N-ethyl adjacent to an activating group) is 1. The summed E-state index contributed by atoms with van der Waals surface area (Å²) < 4.78 is 5.51. The molecule has 1 aliphatic heterocycles. The maximum absolute atomic E-state index is 5.51. The summed E-state index contributed by atoms with van der Waals surface area (Å²) in [6, 6.07) is 0. The molecule has 14 heavy (non-hydrogen) atoms. The first-order chi connectivity index (χ1) is 6.72. The Balaban J connectivity index is 1.94. The topological polar surface area (TPSA) is 24.5 Å². The van der Waals surface area contributed by atoms with Gasteiger partial charge in [-0.2, -0.15) is 0 Å². The van der Waals surface area contributed by atoms with Crippen LogP contribution >= 0.6 is 0 Å². The molecule has 1 N–H and O–H groups in total. The van der Waals surface area contributed by atoms with Crippen LogP contribution in [0.3, 0.4) is 0 Å². The van der Waals surface area contributed by atoms with Gasteiger partial charge in [0.05, 0.1) is 12.7 Å². The van der Waals surface area contributed by atoms with Crippen molar-refractivity contribution >= 4 is 0 Å². The van der Waals surface area contributed by atoms with Crippen LogP contribution in [0.4, 0.5) is 0 Å². The van der Waals surface area contributed by atoms with Gasteiger partial charge in [-0.15, -0.1) is 0 Å². The fourth-order valence-electron chi connectivity index (χ4n) is 1.78. The first-order valence-corrected chi connectivity index (χ1v) is 5.73. The van der Waals surface area contributed by atoms with E-state index in [1.54, 1.807) is 0 Å². The van der Waals surface area contributed by atoms with Crippen molar-refractivity contribution in [2.45, 2.75) is 26.4 Å². The Bertz CT molecular complexity index is 152. The number of hydrogen-bond donors (Lipinski definition) is 1. The minimum atomic E-state index is 0.472. The average Bonchev–Trinajstić information content (AvgIpc) is 2.58. The molecule has 0 aromatic carbocycles. The molecule has 0 saturated carbocycles. The third kappa shape index (κ3) is 4.40. The summed E-state index contributed by atoms with van der Waals surface area (Å²) in [7, 11) is 2.16. The summed E-state index contributed by atoms with van der Waals surface area (Å²) in [5, 5.41) is 3.49. The highest BCUT2D eigenvalue weighted by atomic mass is 16.5. The van der Waals surface area contributed by atoms with E-state index in [0.29, 0.717) is 6.10 Å². The Morgan fingerprint density at radius 2 is 2.29 bits per heavy atom. The lowest BCUT2D eigenvalue weighted by atomic mass is 10.1. The molecule has 1 heterocycles. The monoisotopic (exact) mass is 200 g/mol. The number of nitrogens with one attached hydrogen (secondary N) is 1. The Labute approximate surface area is 87.8 Å². The van der Waals surface area contributed by atoms with Gasteiger partial charge in [0.1, 0.15) is 0 Å². The van der Waals surface area contributed by atoms with Crippen LogP contribution in [0, 0.1) is 5.92 Å². The van der Waals surface area contributed by atoms with Crippen molar-refractivity contribution in [3.63, 3.8) is 0 Å². The number of rotatable bonds is 6. The average molecular weight is 200 g/mol. The van der Waals surface area contributed by atoms with Crippen molar-refractivity contribution in [3.05, 3.63) is 0 Å². The maximum atomic E-state index is 5.51. The van der Waals surface area contributed by atoms with E-state index in [4.69, 9.17) is 4.74 Å². The normalized spacial score (nSPS) is 27.4. The summed E-state index contributed by atoms with van der Waals surface area (Å²) in [5.74, 6) is 0.733. The predicted molar refractivity (Wildman–Crippen MR) is 59.6 cm³/mol. The smallest absolute Gasteiger partial charge is 0.0551 e. The van der Waals surface area contributed by atoms with E-state index in [-0.39, 0.29) is 0 Å². The fourth-order valence-corrected chi connectivity index (χ4v) is 1.78. The highest BCUT2D eigenvalue weighted by molar-refractivity contribution is 4.72. The molecule has 0 aliphatic carbocycles. The van der Waals surface area contributed by atoms with E-state index < -0.39 is 0 Å². The van der Waals surface area contributed by atoms with Crippen LogP contribution in [0.1, 0.15) is 20.3 Å². The number of nitrogens with zero attached hydrogens (tertiary/aromatic N) is 1. The van der Waals surface area contributed by atoms with Gasteiger partial charge in [0, 0.05) is 19.6 Å². The molecule has 0 radical (unpaired) electrons. The van der Waals surface area contributed by atoms with Crippen molar-refractivity contribution in [1.82, 2.24) is 10.2 Å². The zero-order valence-electron chi connectivity index (χ0n) is 9.75. The van der Waals surface area contributed by atoms with E-state index >= 15 is 0 Å². The summed E-state index contributed by atoms with van der Waals surface area (Å²) in [6.45, 7) is 9.76. The van der Waals surface area contributed by atoms with Crippen molar-refractivity contribution in [3.8, 4) is 0 Å². The van der Waals surface area contributed by atoms with Crippen LogP contribution in [0.25, 0.3) is 0 Å². The first-order valence-electron chi connectivity index (χ1n) is 5.73. The largest absolute Gasteiger partial charge is 0.378 e. The zero-order chi connectivity index (χ0) is 10.4. The number of ether oxygens (including phenoxy) is 1. The molecule has 1 aliphatic rings. The molecule has 0 spiro atoms. The standard InChI is InChI=1S/C11H24N2O/c1-4-13(3)6-5-12-8-11-7-10(2)14-9-11/h10-12H,4-9H2,1-3H3. The Morgan fingerprint density at radius 1 is 1.50 bits per heavy atom. The van der Waals surface area contributed by atoms with Crippen LogP contribution in [0.15, 0.2) is 0 Å². The summed E-state index contributed by atoms with van der Waals surface area (Å²) in [4.78, 5) is 2.32. The van der Waals surface area contributed by atoms with Crippen molar-refractivity contribution in [1.29, 1.82) is 0 Å². The fraction of sp³-hybridized carbons (Fsp3) is 1.00. The Hall–Kier alpha value is -0.120. The lowest BCUT2D eigenvalue weighted by Gasteiger charge is -2.15. The third-order valence-corrected chi connectivity index (χ3v) is 2.92. The van der Waals surface area contributed by atoms with E-state index in [9.17, 15) is 0 Å². The van der Waals surface area contributed by atoms with Crippen molar-refractivity contribution in [2.75, 3.05) is 39.8 Å². The molecular formula is C11H24N2O. The summed E-state index contributed by atoms with van der Waals surface area (Å²) in [6.07, 6.45) is 1.69. The van der Waals surface area contributed by atoms with Crippen LogP contribution < -0.4 is 5.32 Å². The van der Waals surface area contributed by atoms with Gasteiger partial charge in [0.15, 0.2) is 0 Å². The Morgan fingerprint density at radius 3 is 2.86 bits per heavy atom. The summed E-state index contributed by atoms with van der Waals surface area (Å²) in [5.41, 5.74) is 0. The maximum Gasteiger partial charge on any atom is 0.0551 e. The quantitative estimate of drug-likeness (QED) is 0.646. The molecule has 2 atom stereocenters. The minimum Gasteiger partial charge on any atom is -0.378 e. The van der Waals surface area contributed by atoms with Gasteiger partial charge < -0.3 is 15.0 Å². The van der Waals surface area contributed by atoms with Gasteiger partial charge in [-0.05, 0) is 32.9 Å². The van der Waals surface area contributed by atoms with Gasteiger partial charge in [0.25, 0.3) is 0 Å². The molecule has 2 unspecified atom stereocenters. The number of hydrogen-bond acceptors (Lipinski definition) is 3. The highest BCUT2D eigenvalue weighted by Gasteiger charge is 2.20. The van der Waals surface area contributed by atoms with E-state index in [1.165, 1.54) is 6.42 Å². The van der Waals surface area contributed by atoms with Crippen LogP contribution in [-0.4, -0.2) is 50.8 Å². The van der Waals surface area contributed by atoms with Gasteiger partial charge in [-0.1, -0.05) is 6.92 Å². The molecule has 1 saturated heterocycles. The van der Waals surface area contributed by atoms with Gasteiger partial charge in [-0.25, -0.2) is 0 Å². The first kappa shape index (κ1) is 12.0. The zero-order valence-corrected chi connectivity index (χ0v) is 9.75. The van der Waals surface area contributed by atoms with Crippen LogP contribution in [-0.2, 0) is 4.74 Å². The van der Waals surface area contributed by atoms with Gasteiger partial charge in [-0.3, -0.25) is 0 Å². The second-order valence-electron chi connectivity index (χ2n) is 4.35. The molecule has 0 bridgehead atoms. The second-order valence-corrected chi connectivity index (χ2v) is 4.35. The Kier molecular flexibility index (Phi) is 5.45. The van der Waals surface area contributed by atoms with Gasteiger partial charge in [0.2, 0.25) is 0 Å². The molecular weight excluding hydrogens is 176 g/mol. The summed E-state index contributed by atoms with van der Waals surface area (Å²) >= 11 is 0. The molecule has 0 aromatic heterocycles. The van der Waals surface area contributed by atoms with E-state index in [2.05, 4.69) is 31.1 Å². The SMILES string of the molecule is CCN(C)CCNCC1COC(C)C1. The van der Waals surface area contributed by atoms with Crippen LogP contribution in [0.5, 0.6) is 0 Å². The highest BCUT2D eigenvalue weighted by Crippen LogP contribution is 2.17. The second kappa shape index (κ2) is 6.38. The third-order valence-electron chi connectivity index (χ3n) is 2.92. The molecule has 3 heteroatoms. The molecule has 0 aromatic rings. The predicted octanol–water partition coefficient (Wildman–Crippen LogP) is 0.953. The molecule has 84 valence electrons. The lowest BCUT2D eigenvalue weighted by Crippen LogP contribution is -2.32. The van der Waals surface area contributed by atoms with Crippen molar-refractivity contribution < 1.29 is 4.74 Å². The van der Waals surface area contributed by atoms with Gasteiger partial charge >= 0.3 is 0 Å². The molecule has 1 fully saturated rings. The lowest BCUT2D eigenvalue weighted by molar-refractivity contribution is 0.120. The van der Waals surface area contributed by atoms with E-state index in [0.717, 1.165) is 38.7 Å². The van der Waals surface area contributed by atoms with Crippen LogP contribution in [0.2, 0.25) is 0 Å². The minimum absolute atomic E-state index is 0.472.